The number of allylic oxidation sites excluding steroid dienone is 1. The number of fused-ring (bicyclic) bond motifs is 1. The van der Waals surface area contributed by atoms with Gasteiger partial charge in [-0.05, 0) is 44.0 Å². The molecule has 1 aromatic carbocycles. The third-order valence-electron chi connectivity index (χ3n) is 5.04. The highest BCUT2D eigenvalue weighted by Gasteiger charge is 2.36. The van der Waals surface area contributed by atoms with Crippen LogP contribution in [0.25, 0.3) is 0 Å². The number of ether oxygens (including phenoxy) is 1. The van der Waals surface area contributed by atoms with E-state index in [-0.39, 0.29) is 11.7 Å². The Morgan fingerprint density at radius 1 is 1.16 bits per heavy atom. The van der Waals surface area contributed by atoms with Crippen molar-refractivity contribution in [2.45, 2.75) is 43.7 Å². The van der Waals surface area contributed by atoms with Gasteiger partial charge < -0.3 is 15.0 Å². The van der Waals surface area contributed by atoms with Crippen molar-refractivity contribution in [2.24, 2.45) is 0 Å². The van der Waals surface area contributed by atoms with Crippen molar-refractivity contribution in [1.29, 1.82) is 0 Å². The molecule has 0 saturated heterocycles. The summed E-state index contributed by atoms with van der Waals surface area (Å²) in [5.74, 6) is 0.0611. The first-order chi connectivity index (χ1) is 15.4. The van der Waals surface area contributed by atoms with E-state index in [4.69, 9.17) is 4.74 Å². The largest absolute Gasteiger partial charge is 0.460 e. The highest BCUT2D eigenvalue weighted by molar-refractivity contribution is 7.98. The van der Waals surface area contributed by atoms with Crippen LogP contribution in [0.2, 0.25) is 0 Å². The number of H-pyrrole nitrogens is 1. The number of aromatic nitrogens is 3. The molecule has 0 unspecified atom stereocenters. The van der Waals surface area contributed by atoms with Crippen molar-refractivity contribution in [3.63, 3.8) is 0 Å². The fourth-order valence-corrected chi connectivity index (χ4v) is 4.48. The summed E-state index contributed by atoms with van der Waals surface area (Å²) in [5.41, 5.74) is 3.02. The Morgan fingerprint density at radius 3 is 2.56 bits per heavy atom. The van der Waals surface area contributed by atoms with Crippen molar-refractivity contribution in [3.8, 4) is 0 Å². The molecule has 0 amide bonds. The molecule has 0 aliphatic carbocycles. The molecule has 2 aromatic heterocycles. The second-order valence-corrected chi connectivity index (χ2v) is 8.70. The monoisotopic (exact) mass is 448 g/mol. The Kier molecular flexibility index (Phi) is 6.41. The molecule has 4 rings (SSSR count). The van der Waals surface area contributed by atoms with Crippen LogP contribution >= 0.6 is 11.8 Å². The Morgan fingerprint density at radius 2 is 1.88 bits per heavy atom. The highest BCUT2D eigenvalue weighted by Crippen LogP contribution is 2.40. The van der Waals surface area contributed by atoms with E-state index in [0.717, 1.165) is 11.1 Å². The van der Waals surface area contributed by atoms with Gasteiger partial charge in [-0.15, -0.1) is 0 Å². The summed E-state index contributed by atoms with van der Waals surface area (Å²) in [5, 5.41) is 3.68. The van der Waals surface area contributed by atoms with Crippen LogP contribution in [-0.4, -0.2) is 27.0 Å². The van der Waals surface area contributed by atoms with Gasteiger partial charge in [-0.1, -0.05) is 42.1 Å². The number of esters is 1. The van der Waals surface area contributed by atoms with Gasteiger partial charge in [0.1, 0.15) is 5.82 Å². The Hall–Kier alpha value is -3.39. The molecule has 3 heterocycles. The number of rotatable bonds is 6. The number of aromatic amines is 1. The van der Waals surface area contributed by atoms with Gasteiger partial charge in [0.25, 0.3) is 5.56 Å². The van der Waals surface area contributed by atoms with Crippen molar-refractivity contribution in [1.82, 2.24) is 15.0 Å². The van der Waals surface area contributed by atoms with E-state index in [2.05, 4.69) is 20.3 Å². The third kappa shape index (κ3) is 4.60. The van der Waals surface area contributed by atoms with Crippen LogP contribution < -0.4 is 10.9 Å². The van der Waals surface area contributed by atoms with E-state index in [1.54, 1.807) is 45.3 Å². The second-order valence-electron chi connectivity index (χ2n) is 7.74. The van der Waals surface area contributed by atoms with Crippen molar-refractivity contribution in [3.05, 3.63) is 93.2 Å². The van der Waals surface area contributed by atoms with Gasteiger partial charge in [-0.25, -0.2) is 9.78 Å². The zero-order valence-electron chi connectivity index (χ0n) is 18.1. The average molecular weight is 449 g/mol. The molecule has 164 valence electrons. The minimum Gasteiger partial charge on any atom is -0.460 e. The number of nitrogens with one attached hydrogen (secondary N) is 2. The fourth-order valence-electron chi connectivity index (χ4n) is 3.66. The molecule has 0 spiro atoms. The first-order valence-corrected chi connectivity index (χ1v) is 11.3. The smallest absolute Gasteiger partial charge is 0.337 e. The van der Waals surface area contributed by atoms with Gasteiger partial charge in [-0.2, -0.15) is 0 Å². The first-order valence-electron chi connectivity index (χ1n) is 10.3. The summed E-state index contributed by atoms with van der Waals surface area (Å²) < 4.78 is 5.49. The normalized spacial score (nSPS) is 15.3. The number of carbonyl (C=O) groups excluding carboxylic acids is 1. The van der Waals surface area contributed by atoms with Crippen LogP contribution in [0.5, 0.6) is 0 Å². The quantitative estimate of drug-likeness (QED) is 0.331. The molecule has 0 fully saturated rings. The van der Waals surface area contributed by atoms with E-state index in [1.165, 1.54) is 11.8 Å². The molecule has 8 heteroatoms. The van der Waals surface area contributed by atoms with Crippen molar-refractivity contribution < 1.29 is 9.53 Å². The van der Waals surface area contributed by atoms with E-state index < -0.39 is 11.9 Å². The minimum atomic E-state index is -0.607. The molecule has 1 atom stereocenters. The van der Waals surface area contributed by atoms with Crippen LogP contribution in [-0.2, 0) is 15.3 Å². The number of carbonyl (C=O) groups is 1. The zero-order chi connectivity index (χ0) is 22.7. The van der Waals surface area contributed by atoms with Gasteiger partial charge in [-0.3, -0.25) is 9.78 Å². The second kappa shape index (κ2) is 9.40. The lowest BCUT2D eigenvalue weighted by atomic mass is 9.83. The topological polar surface area (TPSA) is 97.0 Å². The van der Waals surface area contributed by atoms with E-state index in [1.807, 2.05) is 30.3 Å². The number of thioether (sulfide) groups is 1. The highest BCUT2D eigenvalue weighted by atomic mass is 32.2. The molecule has 1 aliphatic rings. The summed E-state index contributed by atoms with van der Waals surface area (Å²) in [6.45, 7) is 5.39. The van der Waals surface area contributed by atoms with Gasteiger partial charge in [0.05, 0.1) is 23.2 Å². The first kappa shape index (κ1) is 21.8. The predicted octanol–water partition coefficient (Wildman–Crippen LogP) is 4.24. The van der Waals surface area contributed by atoms with E-state index >= 15 is 0 Å². The number of anilines is 1. The van der Waals surface area contributed by atoms with Crippen LogP contribution in [0, 0.1) is 0 Å². The SMILES string of the molecule is CC1=C(C(=O)OC(C)C)[C@@H](c2ccncc2)c2c(nc(SCc3ccccc3)[nH]c2=O)N1. The third-order valence-corrected chi connectivity index (χ3v) is 5.99. The maximum absolute atomic E-state index is 13.2. The lowest BCUT2D eigenvalue weighted by Crippen LogP contribution is -2.31. The summed E-state index contributed by atoms with van der Waals surface area (Å²) in [6, 6.07) is 13.6. The van der Waals surface area contributed by atoms with Crippen LogP contribution in [0.1, 0.15) is 43.4 Å². The summed E-state index contributed by atoms with van der Waals surface area (Å²) in [4.78, 5) is 37.8. The Bertz CT molecular complexity index is 1210. The van der Waals surface area contributed by atoms with E-state index in [9.17, 15) is 9.59 Å². The molecule has 0 bridgehead atoms. The Labute approximate surface area is 190 Å². The lowest BCUT2D eigenvalue weighted by Gasteiger charge is -2.29. The molecule has 7 nitrogen and oxygen atoms in total. The summed E-state index contributed by atoms with van der Waals surface area (Å²) >= 11 is 1.45. The van der Waals surface area contributed by atoms with Crippen LogP contribution in [0.15, 0.2) is 76.1 Å². The molecule has 1 aliphatic heterocycles. The van der Waals surface area contributed by atoms with Gasteiger partial charge in [0.15, 0.2) is 5.16 Å². The molecule has 0 saturated carbocycles. The number of benzene rings is 1. The molecule has 32 heavy (non-hydrogen) atoms. The maximum atomic E-state index is 13.2. The summed E-state index contributed by atoms with van der Waals surface area (Å²) in [7, 11) is 0. The zero-order valence-corrected chi connectivity index (χ0v) is 18.9. The number of hydrogen-bond acceptors (Lipinski definition) is 7. The van der Waals surface area contributed by atoms with Gasteiger partial charge in [0.2, 0.25) is 0 Å². The van der Waals surface area contributed by atoms with Crippen LogP contribution in [0.3, 0.4) is 0 Å². The Balaban J connectivity index is 1.75. The number of pyridine rings is 1. The minimum absolute atomic E-state index is 0.282. The molecular weight excluding hydrogens is 424 g/mol. The molecule has 2 N–H and O–H groups in total. The average Bonchev–Trinajstić information content (AvgIpc) is 2.77. The van der Waals surface area contributed by atoms with Gasteiger partial charge in [0, 0.05) is 23.8 Å². The summed E-state index contributed by atoms with van der Waals surface area (Å²) in [6.07, 6.45) is 3.00. The maximum Gasteiger partial charge on any atom is 0.337 e. The van der Waals surface area contributed by atoms with Crippen molar-refractivity contribution in [2.75, 3.05) is 5.32 Å². The molecule has 3 aromatic rings. The van der Waals surface area contributed by atoms with Crippen molar-refractivity contribution >= 4 is 23.5 Å². The standard InChI is InChI=1S/C24H24N4O3S/c1-14(2)31-23(30)18-15(3)26-21-20(19(18)17-9-11-25-12-10-17)22(29)28-24(27-21)32-13-16-7-5-4-6-8-16/h4-12,14,19H,13H2,1-3H3,(H2,26,27,28,29)/t19-/m1/s1. The molecular formula is C24H24N4O3S. The predicted molar refractivity (Wildman–Crippen MR) is 124 cm³/mol. The molecule has 0 radical (unpaired) electrons. The van der Waals surface area contributed by atoms with Gasteiger partial charge >= 0.3 is 5.97 Å². The number of nitrogens with zero attached hydrogens (tertiary/aromatic N) is 2. The van der Waals surface area contributed by atoms with E-state index in [0.29, 0.717) is 33.6 Å². The van der Waals surface area contributed by atoms with Crippen LogP contribution in [0.4, 0.5) is 5.82 Å². The lowest BCUT2D eigenvalue weighted by molar-refractivity contribution is -0.143. The fraction of sp³-hybridized carbons (Fsp3) is 0.250. The number of hydrogen-bond donors (Lipinski definition) is 2.